The van der Waals surface area contributed by atoms with Gasteiger partial charge < -0.3 is 26.0 Å². The zero-order valence-electron chi connectivity index (χ0n) is 24.8. The van der Waals surface area contributed by atoms with E-state index in [0.717, 1.165) is 0 Å². The molecule has 0 fully saturated rings. The second-order valence-corrected chi connectivity index (χ2v) is 12.3. The quantitative estimate of drug-likeness (QED) is 0.231. The number of carboxylic acid groups (broad SMARTS) is 2. The number of halogens is 2. The van der Waals surface area contributed by atoms with Crippen LogP contribution in [-0.2, 0) is 9.59 Å². The van der Waals surface area contributed by atoms with E-state index < -0.39 is 24.5 Å². The van der Waals surface area contributed by atoms with Gasteiger partial charge in [-0.3, -0.25) is 14.4 Å². The van der Waals surface area contributed by atoms with Gasteiger partial charge in [-0.25, -0.2) is 4.79 Å². The molecule has 41 heavy (non-hydrogen) atoms. The average Bonchev–Trinajstić information content (AvgIpc) is 2.81. The van der Waals surface area contributed by atoms with E-state index in [1.807, 2.05) is 55.4 Å². The minimum absolute atomic E-state index is 0.0671. The number of nitrogens with one attached hydrogen (secondary N) is 2. The molecule has 0 aliphatic carbocycles. The zero-order chi connectivity index (χ0) is 32.1. The van der Waals surface area contributed by atoms with Crippen molar-refractivity contribution < 1.29 is 34.5 Å². The smallest absolute Gasteiger partial charge is 0.333 e. The summed E-state index contributed by atoms with van der Waals surface area (Å²) in [5.41, 5.74) is 1.15. The molecule has 0 aliphatic rings. The number of benzene rings is 2. The van der Waals surface area contributed by atoms with Crippen molar-refractivity contribution in [1.29, 1.82) is 0 Å². The highest BCUT2D eigenvalue weighted by atomic mass is 35.5. The van der Waals surface area contributed by atoms with E-state index >= 15 is 0 Å². The molecule has 2 rings (SSSR count). The highest BCUT2D eigenvalue weighted by Crippen LogP contribution is 2.15. The molecule has 0 heterocycles. The second-order valence-electron chi connectivity index (χ2n) is 11.4. The van der Waals surface area contributed by atoms with Crippen LogP contribution in [0.5, 0.6) is 0 Å². The third-order valence-electron chi connectivity index (χ3n) is 4.96. The van der Waals surface area contributed by atoms with E-state index in [9.17, 15) is 19.2 Å². The number of rotatable bonds is 9. The van der Waals surface area contributed by atoms with Crippen molar-refractivity contribution in [2.75, 3.05) is 0 Å². The van der Waals surface area contributed by atoms with Crippen molar-refractivity contribution in [3.8, 4) is 0 Å². The van der Waals surface area contributed by atoms with Crippen molar-refractivity contribution in [2.24, 2.45) is 0 Å². The van der Waals surface area contributed by atoms with Gasteiger partial charge in [-0.1, -0.05) is 47.5 Å². The molecule has 0 aliphatic heterocycles. The van der Waals surface area contributed by atoms with Crippen molar-refractivity contribution in [3.63, 3.8) is 0 Å². The van der Waals surface area contributed by atoms with Crippen LogP contribution in [0.25, 0.3) is 0 Å². The van der Waals surface area contributed by atoms with Gasteiger partial charge in [0.15, 0.2) is 17.7 Å². The summed E-state index contributed by atoms with van der Waals surface area (Å²) in [6.45, 7) is 16.0. The lowest BCUT2D eigenvalue weighted by Gasteiger charge is -2.25. The van der Waals surface area contributed by atoms with Crippen LogP contribution in [0.1, 0.15) is 82.5 Å². The average molecular weight is 614 g/mol. The van der Waals surface area contributed by atoms with Crippen LogP contribution >= 0.6 is 23.2 Å². The first-order valence-electron chi connectivity index (χ1n) is 12.9. The highest BCUT2D eigenvalue weighted by molar-refractivity contribution is 6.31. The summed E-state index contributed by atoms with van der Waals surface area (Å²) in [4.78, 5) is 43.5. The van der Waals surface area contributed by atoms with E-state index in [4.69, 9.17) is 38.5 Å². The predicted octanol–water partition coefficient (Wildman–Crippen LogP) is 5.51. The van der Waals surface area contributed by atoms with Crippen molar-refractivity contribution in [1.82, 2.24) is 10.6 Å². The van der Waals surface area contributed by atoms with Gasteiger partial charge in [-0.2, -0.15) is 0 Å². The minimum atomic E-state index is -1.79. The molecule has 0 radical (unpaired) electrons. The topological polar surface area (TPSA) is 153 Å². The van der Waals surface area contributed by atoms with Crippen molar-refractivity contribution >= 4 is 46.7 Å². The summed E-state index contributed by atoms with van der Waals surface area (Å²) in [5.74, 6) is -2.71. The van der Waals surface area contributed by atoms with Crippen LogP contribution < -0.4 is 10.6 Å². The number of carbonyl (C=O) groups excluding carboxylic acids is 2. The number of carboxylic acids is 2. The highest BCUT2D eigenvalue weighted by Gasteiger charge is 2.21. The third kappa shape index (κ3) is 17.6. The monoisotopic (exact) mass is 612 g/mol. The number of hydrogen-bond acceptors (Lipinski definition) is 7. The number of Topliss-reactive ketones (excluding diaryl/α,β-unsaturated/α-hetero) is 2. The van der Waals surface area contributed by atoms with Crippen LogP contribution in [0.2, 0.25) is 10.0 Å². The lowest BCUT2D eigenvalue weighted by atomic mass is 10.0. The molecule has 3 atom stereocenters. The van der Waals surface area contributed by atoms with E-state index in [0.29, 0.717) is 21.2 Å². The van der Waals surface area contributed by atoms with Gasteiger partial charge >= 0.3 is 11.9 Å². The SMILES string of the molecule is CC(NC(C)(C)C)C(=O)c1cccc(Cl)c1.CC(NC(C)(C)C)C(=O)c1cccc(Cl)c1.O=C(O)CC(O)C(=O)O. The minimum Gasteiger partial charge on any atom is -0.481 e. The van der Waals surface area contributed by atoms with Gasteiger partial charge in [0.2, 0.25) is 0 Å². The molecule has 2 aromatic rings. The van der Waals surface area contributed by atoms with E-state index in [2.05, 4.69) is 10.6 Å². The third-order valence-corrected chi connectivity index (χ3v) is 5.43. The maximum Gasteiger partial charge on any atom is 0.333 e. The Morgan fingerprint density at radius 1 is 0.732 bits per heavy atom. The second kappa shape index (κ2) is 17.2. The van der Waals surface area contributed by atoms with Gasteiger partial charge in [0.1, 0.15) is 0 Å². The Balaban J connectivity index is 0.000000612. The normalized spacial score (nSPS) is 13.3. The van der Waals surface area contributed by atoms with E-state index in [1.165, 1.54) is 0 Å². The van der Waals surface area contributed by atoms with Gasteiger partial charge in [0.05, 0.1) is 18.5 Å². The molecule has 9 nitrogen and oxygen atoms in total. The lowest BCUT2D eigenvalue weighted by Crippen LogP contribution is -2.46. The summed E-state index contributed by atoms with van der Waals surface area (Å²) in [6.07, 6.45) is -2.54. The molecule has 11 heteroatoms. The first kappa shape index (κ1) is 38.2. The summed E-state index contributed by atoms with van der Waals surface area (Å²) < 4.78 is 0. The van der Waals surface area contributed by atoms with Crippen molar-refractivity contribution in [3.05, 3.63) is 69.7 Å². The summed E-state index contributed by atoms with van der Waals surface area (Å²) in [7, 11) is 0. The molecular formula is C30H42Cl2N2O7. The number of aliphatic hydroxyl groups excluding tert-OH is 1. The fourth-order valence-corrected chi connectivity index (χ4v) is 3.85. The number of aliphatic hydroxyl groups is 1. The van der Waals surface area contributed by atoms with Crippen LogP contribution in [0.4, 0.5) is 0 Å². The van der Waals surface area contributed by atoms with Gasteiger partial charge in [-0.15, -0.1) is 0 Å². The fourth-order valence-electron chi connectivity index (χ4n) is 3.47. The molecule has 0 saturated carbocycles. The fraction of sp³-hybridized carbons (Fsp3) is 0.467. The Morgan fingerprint density at radius 2 is 1.07 bits per heavy atom. The molecule has 228 valence electrons. The standard InChI is InChI=1S/2C13H18ClNO.C4H6O5/c2*1-9(15-13(2,3)4)12(16)10-6-5-7-11(14)8-10;5-2(4(8)9)1-3(6)7/h2*5-9,15H,1-4H3;2,5H,1H2,(H,6,7)(H,8,9). The van der Waals surface area contributed by atoms with Gasteiger partial charge in [0.25, 0.3) is 0 Å². The Morgan fingerprint density at radius 3 is 1.29 bits per heavy atom. The number of ketones is 2. The van der Waals surface area contributed by atoms with E-state index in [-0.39, 0.29) is 34.7 Å². The maximum absolute atomic E-state index is 12.1. The molecule has 0 amide bonds. The Hall–Kier alpha value is -2.82. The number of hydrogen-bond donors (Lipinski definition) is 5. The molecule has 2 aromatic carbocycles. The van der Waals surface area contributed by atoms with Crippen molar-refractivity contribution in [2.45, 2.75) is 91.1 Å². The number of carbonyl (C=O) groups is 4. The lowest BCUT2D eigenvalue weighted by molar-refractivity contribution is -0.152. The van der Waals surface area contributed by atoms with Gasteiger partial charge in [0, 0.05) is 32.3 Å². The molecule has 0 bridgehead atoms. The van der Waals surface area contributed by atoms with E-state index in [1.54, 1.807) is 48.5 Å². The molecule has 3 unspecified atom stereocenters. The predicted molar refractivity (Wildman–Crippen MR) is 162 cm³/mol. The molecule has 5 N–H and O–H groups in total. The first-order chi connectivity index (χ1) is 18.6. The van der Waals surface area contributed by atoms with Crippen LogP contribution in [0, 0.1) is 0 Å². The zero-order valence-corrected chi connectivity index (χ0v) is 26.3. The maximum atomic E-state index is 12.1. The van der Waals surface area contributed by atoms with Crippen LogP contribution in [0.15, 0.2) is 48.5 Å². The van der Waals surface area contributed by atoms with Gasteiger partial charge in [-0.05, 0) is 79.7 Å². The Bertz CT molecular complexity index is 1100. The summed E-state index contributed by atoms with van der Waals surface area (Å²) >= 11 is 11.7. The van der Waals surface area contributed by atoms with Crippen LogP contribution in [-0.4, -0.2) is 68.1 Å². The molecule has 0 saturated heterocycles. The molecule has 0 spiro atoms. The molecule has 0 aromatic heterocycles. The first-order valence-corrected chi connectivity index (χ1v) is 13.7. The summed E-state index contributed by atoms with van der Waals surface area (Å²) in [5, 5.41) is 31.8. The van der Waals surface area contributed by atoms with Crippen LogP contribution in [0.3, 0.4) is 0 Å². The molecular weight excluding hydrogens is 571 g/mol. The largest absolute Gasteiger partial charge is 0.481 e. The summed E-state index contributed by atoms with van der Waals surface area (Å²) in [6, 6.07) is 13.7. The Kier molecular flexibility index (Phi) is 16.0. The Labute approximate surface area is 252 Å². The number of aliphatic carboxylic acids is 2.